The van der Waals surface area contributed by atoms with E-state index in [1.807, 2.05) is 38.1 Å². The highest BCUT2D eigenvalue weighted by atomic mass is 35.5. The number of halogens is 1. The van der Waals surface area contributed by atoms with Crippen LogP contribution in [0.3, 0.4) is 0 Å². The van der Waals surface area contributed by atoms with E-state index in [4.69, 9.17) is 27.5 Å². The maximum atomic E-state index is 13.7. The average Bonchev–Trinajstić information content (AvgIpc) is 3.78. The number of nitrogens with two attached hydrogens (primary N) is 1. The molecule has 7 N–H and O–H groups in total. The first-order valence-corrected chi connectivity index (χ1v) is 15.4. The van der Waals surface area contributed by atoms with Gasteiger partial charge in [0.1, 0.15) is 30.3 Å². The van der Waals surface area contributed by atoms with Gasteiger partial charge in [-0.1, -0.05) is 50.4 Å². The Morgan fingerprint density at radius 3 is 2.51 bits per heavy atom. The van der Waals surface area contributed by atoms with Crippen molar-refractivity contribution in [2.75, 3.05) is 19.7 Å². The van der Waals surface area contributed by atoms with Crippen LogP contribution in [0, 0.1) is 17.2 Å². The van der Waals surface area contributed by atoms with E-state index in [0.717, 1.165) is 24.0 Å². The van der Waals surface area contributed by atoms with Gasteiger partial charge in [-0.05, 0) is 79.0 Å². The second-order valence-corrected chi connectivity index (χ2v) is 12.2. The number of ether oxygens (including phenoxy) is 1. The maximum absolute atomic E-state index is 13.7. The Balaban J connectivity index is 1.59. The van der Waals surface area contributed by atoms with Gasteiger partial charge < -0.3 is 31.7 Å². The number of fused-ring (bicyclic) bond motifs is 1. The van der Waals surface area contributed by atoms with Gasteiger partial charge in [0.05, 0.1) is 6.04 Å². The van der Waals surface area contributed by atoms with Crippen LogP contribution in [0.2, 0.25) is 5.02 Å². The molecule has 11 heteroatoms. The third-order valence-electron chi connectivity index (χ3n) is 7.84. The van der Waals surface area contributed by atoms with Gasteiger partial charge in [-0.3, -0.25) is 19.8 Å². The molecule has 1 heterocycles. The number of amidine groups is 1. The van der Waals surface area contributed by atoms with Crippen LogP contribution in [0.5, 0.6) is 5.75 Å². The van der Waals surface area contributed by atoms with Gasteiger partial charge in [0, 0.05) is 23.7 Å². The molecule has 0 saturated heterocycles. The Morgan fingerprint density at radius 2 is 1.81 bits per heavy atom. The number of hydrogen-bond acceptors (Lipinski definition) is 6. The average molecular weight is 611 g/mol. The van der Waals surface area contributed by atoms with Crippen LogP contribution >= 0.6 is 11.6 Å². The van der Waals surface area contributed by atoms with Gasteiger partial charge in [-0.25, -0.2) is 0 Å². The van der Waals surface area contributed by atoms with Crippen molar-refractivity contribution >= 4 is 35.2 Å². The lowest BCUT2D eigenvalue weighted by molar-refractivity contribution is -0.133. The van der Waals surface area contributed by atoms with Crippen molar-refractivity contribution in [3.05, 3.63) is 64.2 Å². The van der Waals surface area contributed by atoms with E-state index >= 15 is 0 Å². The third kappa shape index (κ3) is 9.69. The molecule has 43 heavy (non-hydrogen) atoms. The molecule has 4 rings (SSSR count). The minimum atomic E-state index is -0.817. The molecule has 2 aromatic carbocycles. The van der Waals surface area contributed by atoms with E-state index in [2.05, 4.69) is 21.3 Å². The molecule has 0 spiro atoms. The third-order valence-corrected chi connectivity index (χ3v) is 8.07. The van der Waals surface area contributed by atoms with Crippen molar-refractivity contribution < 1.29 is 19.1 Å². The summed E-state index contributed by atoms with van der Waals surface area (Å²) in [6.45, 7) is 4.80. The van der Waals surface area contributed by atoms with E-state index in [0.29, 0.717) is 61.0 Å². The number of benzene rings is 2. The lowest BCUT2D eigenvalue weighted by atomic mass is 10.00. The van der Waals surface area contributed by atoms with Gasteiger partial charge in [0.2, 0.25) is 17.7 Å². The van der Waals surface area contributed by atoms with E-state index in [-0.39, 0.29) is 36.1 Å². The SMILES string of the molecule is CC(C)[C@H]1NC(=O)[C@@H](Cc2cccc(Cl)c2)NCCOc2ccc(C(=N)N)cc2CCCNC(=O)[C@H](CC2CC2)NC1=O. The minimum absolute atomic E-state index is 0.0366. The van der Waals surface area contributed by atoms with Crippen molar-refractivity contribution in [2.45, 2.75) is 70.5 Å². The Kier molecular flexibility index (Phi) is 11.4. The molecular weight excluding hydrogens is 568 g/mol. The van der Waals surface area contributed by atoms with Crippen LogP contribution in [0.15, 0.2) is 42.5 Å². The molecule has 2 aromatic rings. The summed E-state index contributed by atoms with van der Waals surface area (Å²) in [7, 11) is 0. The lowest BCUT2D eigenvalue weighted by Crippen LogP contribution is -2.58. The van der Waals surface area contributed by atoms with Crippen LogP contribution in [-0.2, 0) is 27.2 Å². The summed E-state index contributed by atoms with van der Waals surface area (Å²) >= 11 is 6.21. The minimum Gasteiger partial charge on any atom is -0.492 e. The van der Waals surface area contributed by atoms with E-state index in [9.17, 15) is 14.4 Å². The van der Waals surface area contributed by atoms with Crippen molar-refractivity contribution in [3.63, 3.8) is 0 Å². The van der Waals surface area contributed by atoms with Gasteiger partial charge in [0.15, 0.2) is 0 Å². The highest BCUT2D eigenvalue weighted by molar-refractivity contribution is 6.30. The molecule has 10 nitrogen and oxygen atoms in total. The highest BCUT2D eigenvalue weighted by Crippen LogP contribution is 2.33. The fourth-order valence-corrected chi connectivity index (χ4v) is 5.43. The standard InChI is InChI=1S/C32H43ClN6O4/c1-19(2)28-32(42)38-26(16-20-8-9-20)30(40)37-12-4-6-22-18-23(29(34)35)10-11-27(22)43-14-13-36-25(31(41)39-28)17-21-5-3-7-24(33)15-21/h3,5,7,10-11,15,18-20,25-26,28,36H,4,6,8-9,12-14,16-17H2,1-2H3,(H3,34,35)(H,37,40)(H,38,42)(H,39,41)/t25-,26+,28-/m1/s1. The molecule has 1 aliphatic carbocycles. The maximum Gasteiger partial charge on any atom is 0.243 e. The van der Waals surface area contributed by atoms with Crippen molar-refractivity contribution in [1.82, 2.24) is 21.3 Å². The summed E-state index contributed by atoms with van der Waals surface area (Å²) in [6.07, 6.45) is 4.22. The zero-order valence-corrected chi connectivity index (χ0v) is 25.6. The zero-order chi connectivity index (χ0) is 30.9. The number of amides is 3. The van der Waals surface area contributed by atoms with Crippen LogP contribution < -0.4 is 31.7 Å². The molecule has 1 fully saturated rings. The van der Waals surface area contributed by atoms with Crippen LogP contribution in [0.1, 0.15) is 56.2 Å². The van der Waals surface area contributed by atoms with E-state index in [1.54, 1.807) is 18.2 Å². The number of carbonyl (C=O) groups excluding carboxylic acids is 3. The summed E-state index contributed by atoms with van der Waals surface area (Å²) in [5, 5.41) is 20.6. The first-order chi connectivity index (χ1) is 20.6. The van der Waals surface area contributed by atoms with Crippen LogP contribution in [-0.4, -0.2) is 61.4 Å². The molecule has 2 aliphatic rings. The van der Waals surface area contributed by atoms with Gasteiger partial charge in [0.25, 0.3) is 0 Å². The fraction of sp³-hybridized carbons (Fsp3) is 0.500. The number of carbonyl (C=O) groups is 3. The number of aryl methyl sites for hydroxylation is 1. The second-order valence-electron chi connectivity index (χ2n) is 11.8. The van der Waals surface area contributed by atoms with Crippen molar-refractivity contribution in [3.8, 4) is 5.75 Å². The van der Waals surface area contributed by atoms with Crippen molar-refractivity contribution in [1.29, 1.82) is 5.41 Å². The molecule has 3 amide bonds. The zero-order valence-electron chi connectivity index (χ0n) is 24.9. The van der Waals surface area contributed by atoms with Gasteiger partial charge in [-0.15, -0.1) is 0 Å². The predicted molar refractivity (Wildman–Crippen MR) is 167 cm³/mol. The number of rotatable bonds is 6. The first-order valence-electron chi connectivity index (χ1n) is 15.1. The van der Waals surface area contributed by atoms with Gasteiger partial charge >= 0.3 is 0 Å². The molecule has 0 aromatic heterocycles. The quantitative estimate of drug-likeness (QED) is 0.218. The Morgan fingerprint density at radius 1 is 1.02 bits per heavy atom. The monoisotopic (exact) mass is 610 g/mol. The molecule has 3 atom stereocenters. The number of hydrogen-bond donors (Lipinski definition) is 6. The molecule has 1 aliphatic heterocycles. The van der Waals surface area contributed by atoms with E-state index in [1.165, 1.54) is 0 Å². The Labute approximate surface area is 258 Å². The number of nitrogens with one attached hydrogen (secondary N) is 5. The fourth-order valence-electron chi connectivity index (χ4n) is 5.22. The largest absolute Gasteiger partial charge is 0.492 e. The summed E-state index contributed by atoms with van der Waals surface area (Å²) in [6, 6.07) is 10.5. The molecule has 0 bridgehead atoms. The van der Waals surface area contributed by atoms with Crippen LogP contribution in [0.25, 0.3) is 0 Å². The summed E-state index contributed by atoms with van der Waals surface area (Å²) in [5.41, 5.74) is 8.07. The molecule has 1 saturated carbocycles. The van der Waals surface area contributed by atoms with Crippen molar-refractivity contribution in [2.24, 2.45) is 17.6 Å². The second kappa shape index (κ2) is 15.2. The summed E-state index contributed by atoms with van der Waals surface area (Å²) < 4.78 is 6.11. The highest BCUT2D eigenvalue weighted by Gasteiger charge is 2.34. The lowest BCUT2D eigenvalue weighted by Gasteiger charge is -2.27. The van der Waals surface area contributed by atoms with E-state index < -0.39 is 18.1 Å². The first kappa shape index (κ1) is 32.3. The molecular formula is C32H43ClN6O4. The normalized spacial score (nSPS) is 22.7. The predicted octanol–water partition coefficient (Wildman–Crippen LogP) is 2.69. The van der Waals surface area contributed by atoms with Crippen LogP contribution in [0.4, 0.5) is 0 Å². The molecule has 232 valence electrons. The molecule has 0 radical (unpaired) electrons. The Hall–Kier alpha value is -3.63. The van der Waals surface area contributed by atoms with Gasteiger partial charge in [-0.2, -0.15) is 0 Å². The Bertz CT molecular complexity index is 1310. The smallest absolute Gasteiger partial charge is 0.243 e. The summed E-state index contributed by atoms with van der Waals surface area (Å²) in [5.74, 6) is -0.110. The summed E-state index contributed by atoms with van der Waals surface area (Å²) in [4.78, 5) is 40.4. The molecule has 0 unspecified atom stereocenters. The number of nitrogen functional groups attached to an aromatic ring is 1. The topological polar surface area (TPSA) is 158 Å².